The molecule has 0 saturated carbocycles. The molecule has 0 spiro atoms. The van der Waals surface area contributed by atoms with Gasteiger partial charge >= 0.3 is 5.97 Å². The van der Waals surface area contributed by atoms with Crippen LogP contribution in [0.2, 0.25) is 0 Å². The van der Waals surface area contributed by atoms with Gasteiger partial charge in [-0.2, -0.15) is 0 Å². The highest BCUT2D eigenvalue weighted by Gasteiger charge is 2.28. The maximum absolute atomic E-state index is 12.3. The van der Waals surface area contributed by atoms with Crippen molar-refractivity contribution in [2.75, 3.05) is 7.11 Å². The number of rotatable bonds is 6. The molecule has 3 nitrogen and oxygen atoms in total. The number of esters is 1. The zero-order valence-corrected chi connectivity index (χ0v) is 14.7. The van der Waals surface area contributed by atoms with Gasteiger partial charge in [0.25, 0.3) is 0 Å². The van der Waals surface area contributed by atoms with Crippen molar-refractivity contribution >= 4 is 16.7 Å². The molecule has 0 aliphatic carbocycles. The molecule has 2 aromatic rings. The Hall–Kier alpha value is -1.87. The van der Waals surface area contributed by atoms with E-state index in [9.17, 15) is 4.79 Å². The van der Waals surface area contributed by atoms with E-state index in [4.69, 9.17) is 9.47 Å². The second-order valence-electron chi connectivity index (χ2n) is 6.67. The van der Waals surface area contributed by atoms with Gasteiger partial charge in [-0.15, -0.1) is 0 Å². The number of carbonyl (C=O) groups is 1. The van der Waals surface area contributed by atoms with Gasteiger partial charge in [0.2, 0.25) is 0 Å². The van der Waals surface area contributed by atoms with Crippen LogP contribution in [-0.2, 0) is 9.53 Å². The van der Waals surface area contributed by atoms with Crippen LogP contribution in [0.1, 0.15) is 52.2 Å². The summed E-state index contributed by atoms with van der Waals surface area (Å²) >= 11 is 0. The average molecular weight is 314 g/mol. The van der Waals surface area contributed by atoms with Gasteiger partial charge in [0.05, 0.1) is 11.5 Å². The second-order valence-corrected chi connectivity index (χ2v) is 6.67. The van der Waals surface area contributed by atoms with Crippen molar-refractivity contribution in [2.45, 2.75) is 46.6 Å². The molecular formula is C20H26O3. The summed E-state index contributed by atoms with van der Waals surface area (Å²) in [5.41, 5.74) is 0.676. The van der Waals surface area contributed by atoms with Crippen LogP contribution in [0, 0.1) is 5.41 Å². The lowest BCUT2D eigenvalue weighted by atomic mass is 9.88. The average Bonchev–Trinajstić information content (AvgIpc) is 2.53. The van der Waals surface area contributed by atoms with Gasteiger partial charge in [-0.3, -0.25) is 4.79 Å². The lowest BCUT2D eigenvalue weighted by Gasteiger charge is -2.21. The van der Waals surface area contributed by atoms with E-state index >= 15 is 0 Å². The van der Waals surface area contributed by atoms with Crippen LogP contribution in [0.4, 0.5) is 0 Å². The van der Waals surface area contributed by atoms with Crippen LogP contribution in [0.3, 0.4) is 0 Å². The lowest BCUT2D eigenvalue weighted by molar-refractivity contribution is -0.144. The quantitative estimate of drug-likeness (QED) is 0.537. The normalized spacial score (nSPS) is 13.1. The van der Waals surface area contributed by atoms with Crippen molar-refractivity contribution in [3.05, 3.63) is 42.0 Å². The minimum Gasteiger partial charge on any atom is -0.426 e. The van der Waals surface area contributed by atoms with E-state index in [1.807, 2.05) is 51.1 Å². The van der Waals surface area contributed by atoms with Crippen molar-refractivity contribution in [3.8, 4) is 5.75 Å². The highest BCUT2D eigenvalue weighted by atomic mass is 16.5. The molecule has 0 fully saturated rings. The first-order chi connectivity index (χ1) is 10.9. The molecule has 1 unspecified atom stereocenters. The Bertz CT molecular complexity index is 688. The third kappa shape index (κ3) is 4.11. The van der Waals surface area contributed by atoms with E-state index in [1.165, 1.54) is 0 Å². The molecule has 0 aliphatic heterocycles. The fourth-order valence-corrected chi connectivity index (χ4v) is 2.67. The summed E-state index contributed by atoms with van der Waals surface area (Å²) < 4.78 is 10.9. The predicted octanol–water partition coefficient (Wildman–Crippen LogP) is 5.28. The number of methoxy groups -OCH3 is 1. The summed E-state index contributed by atoms with van der Waals surface area (Å²) in [4.78, 5) is 12.3. The van der Waals surface area contributed by atoms with Crippen LogP contribution in [-0.4, -0.2) is 13.1 Å². The minimum absolute atomic E-state index is 0.0618. The molecule has 0 aromatic heterocycles. The molecule has 124 valence electrons. The Morgan fingerprint density at radius 3 is 2.43 bits per heavy atom. The van der Waals surface area contributed by atoms with Gasteiger partial charge in [0, 0.05) is 7.11 Å². The molecule has 2 rings (SSSR count). The first-order valence-corrected chi connectivity index (χ1v) is 8.16. The predicted molar refractivity (Wildman–Crippen MR) is 93.7 cm³/mol. The third-order valence-electron chi connectivity index (χ3n) is 4.30. The van der Waals surface area contributed by atoms with Gasteiger partial charge in [0.1, 0.15) is 5.75 Å². The van der Waals surface area contributed by atoms with Crippen molar-refractivity contribution in [1.29, 1.82) is 0 Å². The number of ether oxygens (including phenoxy) is 2. The van der Waals surface area contributed by atoms with Crippen molar-refractivity contribution in [3.63, 3.8) is 0 Å². The van der Waals surface area contributed by atoms with Crippen molar-refractivity contribution < 1.29 is 14.3 Å². The standard InChI is InChI=1S/C20H26O3/c1-6-11-20(3,4)19(21)23-18-10-9-16-12-15(14(2)22-5)7-8-17(16)13-18/h7-10,12-14H,6,11H2,1-5H3. The van der Waals surface area contributed by atoms with E-state index in [0.717, 1.165) is 29.2 Å². The maximum Gasteiger partial charge on any atom is 0.316 e. The molecule has 0 bridgehead atoms. The Labute approximate surface area is 138 Å². The second kappa shape index (κ2) is 7.14. The molecular weight excluding hydrogens is 288 g/mol. The molecule has 1 atom stereocenters. The molecule has 2 aromatic carbocycles. The molecule has 0 amide bonds. The van der Waals surface area contributed by atoms with E-state index in [-0.39, 0.29) is 12.1 Å². The molecule has 23 heavy (non-hydrogen) atoms. The summed E-state index contributed by atoms with van der Waals surface area (Å²) in [5.74, 6) is 0.419. The van der Waals surface area contributed by atoms with E-state index in [2.05, 4.69) is 13.0 Å². The Kier molecular flexibility index (Phi) is 5.42. The zero-order chi connectivity index (χ0) is 17.0. The summed E-state index contributed by atoms with van der Waals surface area (Å²) in [6.45, 7) is 7.95. The summed E-state index contributed by atoms with van der Waals surface area (Å²) in [6, 6.07) is 11.9. The van der Waals surface area contributed by atoms with Gasteiger partial charge in [0.15, 0.2) is 0 Å². The number of fused-ring (bicyclic) bond motifs is 1. The van der Waals surface area contributed by atoms with Gasteiger partial charge in [-0.05, 0) is 61.7 Å². The van der Waals surface area contributed by atoms with Gasteiger partial charge in [-0.25, -0.2) is 0 Å². The van der Waals surface area contributed by atoms with E-state index in [0.29, 0.717) is 5.75 Å². The Morgan fingerprint density at radius 2 is 1.78 bits per heavy atom. The smallest absolute Gasteiger partial charge is 0.316 e. The maximum atomic E-state index is 12.3. The van der Waals surface area contributed by atoms with Gasteiger partial charge in [-0.1, -0.05) is 31.5 Å². The van der Waals surface area contributed by atoms with Crippen LogP contribution >= 0.6 is 0 Å². The van der Waals surface area contributed by atoms with Crippen LogP contribution in [0.5, 0.6) is 5.75 Å². The molecule has 0 N–H and O–H groups in total. The number of hydrogen-bond acceptors (Lipinski definition) is 3. The Balaban J connectivity index is 2.22. The summed E-state index contributed by atoms with van der Waals surface area (Å²) in [6.07, 6.45) is 1.84. The third-order valence-corrected chi connectivity index (χ3v) is 4.30. The largest absolute Gasteiger partial charge is 0.426 e. The molecule has 0 aliphatic rings. The topological polar surface area (TPSA) is 35.5 Å². The summed E-state index contributed by atoms with van der Waals surface area (Å²) in [5, 5.41) is 2.16. The SMILES string of the molecule is CCCC(C)(C)C(=O)Oc1ccc2cc(C(C)OC)ccc2c1. The minimum atomic E-state index is -0.457. The Morgan fingerprint density at radius 1 is 1.13 bits per heavy atom. The first-order valence-electron chi connectivity index (χ1n) is 8.16. The van der Waals surface area contributed by atoms with Crippen molar-refractivity contribution in [1.82, 2.24) is 0 Å². The number of benzene rings is 2. The van der Waals surface area contributed by atoms with Crippen LogP contribution < -0.4 is 4.74 Å². The first kappa shape index (κ1) is 17.5. The highest BCUT2D eigenvalue weighted by molar-refractivity contribution is 5.86. The van der Waals surface area contributed by atoms with Gasteiger partial charge < -0.3 is 9.47 Å². The molecule has 0 radical (unpaired) electrons. The fourth-order valence-electron chi connectivity index (χ4n) is 2.67. The fraction of sp³-hybridized carbons (Fsp3) is 0.450. The highest BCUT2D eigenvalue weighted by Crippen LogP contribution is 2.28. The molecule has 3 heteroatoms. The monoisotopic (exact) mass is 314 g/mol. The molecule has 0 heterocycles. The lowest BCUT2D eigenvalue weighted by Crippen LogP contribution is -2.28. The molecule has 0 saturated heterocycles. The number of carbonyl (C=O) groups excluding carboxylic acids is 1. The summed E-state index contributed by atoms with van der Waals surface area (Å²) in [7, 11) is 1.70. The number of hydrogen-bond donors (Lipinski definition) is 0. The van der Waals surface area contributed by atoms with Crippen molar-refractivity contribution in [2.24, 2.45) is 5.41 Å². The van der Waals surface area contributed by atoms with Crippen LogP contribution in [0.25, 0.3) is 10.8 Å². The van der Waals surface area contributed by atoms with Crippen LogP contribution in [0.15, 0.2) is 36.4 Å². The van der Waals surface area contributed by atoms with E-state index in [1.54, 1.807) is 7.11 Å². The zero-order valence-electron chi connectivity index (χ0n) is 14.7. The van der Waals surface area contributed by atoms with E-state index < -0.39 is 5.41 Å².